The van der Waals surface area contributed by atoms with Crippen LogP contribution in [0.1, 0.15) is 65.2 Å². The van der Waals surface area contributed by atoms with Crippen LogP contribution < -0.4 is 0 Å². The van der Waals surface area contributed by atoms with Crippen molar-refractivity contribution in [3.05, 3.63) is 19.1 Å². The summed E-state index contributed by atoms with van der Waals surface area (Å²) in [6.45, 7) is 8.30. The average molecular weight is 195 g/mol. The minimum absolute atomic E-state index is 0.886. The Balaban J connectivity index is 2.92. The van der Waals surface area contributed by atoms with E-state index < -0.39 is 0 Å². The summed E-state index contributed by atoms with van der Waals surface area (Å²) in [5, 5.41) is 0. The Morgan fingerprint density at radius 2 is 1.50 bits per heavy atom. The summed E-state index contributed by atoms with van der Waals surface area (Å²) in [4.78, 5) is 0. The Morgan fingerprint density at radius 3 is 2.07 bits per heavy atom. The zero-order valence-electron chi connectivity index (χ0n) is 10.1. The van der Waals surface area contributed by atoms with Crippen LogP contribution in [0.2, 0.25) is 0 Å². The third-order valence-corrected chi connectivity index (χ3v) is 2.57. The fourth-order valence-electron chi connectivity index (χ4n) is 1.64. The maximum absolute atomic E-state index is 3.68. The molecule has 0 N–H and O–H groups in total. The lowest BCUT2D eigenvalue weighted by molar-refractivity contribution is 0.512. The van der Waals surface area contributed by atoms with Crippen LogP contribution in [0, 0.1) is 12.8 Å². The van der Waals surface area contributed by atoms with E-state index in [-0.39, 0.29) is 0 Å². The molecule has 0 fully saturated rings. The number of hydrogen-bond donors (Lipinski definition) is 0. The highest BCUT2D eigenvalue weighted by molar-refractivity contribution is 4.83. The van der Waals surface area contributed by atoms with Crippen LogP contribution in [-0.2, 0) is 0 Å². The molecule has 0 unspecified atom stereocenters. The number of unbranched alkanes of at least 4 members (excludes halogenated alkanes) is 6. The first-order chi connectivity index (χ1) is 6.77. The predicted octanol–water partition coefficient (Wildman–Crippen LogP) is 5.15. The van der Waals surface area contributed by atoms with Gasteiger partial charge in [0.1, 0.15) is 0 Å². The number of hydrogen-bond acceptors (Lipinski definition) is 0. The Kier molecular flexibility index (Phi) is 10.6. The van der Waals surface area contributed by atoms with Crippen molar-refractivity contribution in [2.45, 2.75) is 65.2 Å². The lowest BCUT2D eigenvalue weighted by Crippen LogP contribution is -1.87. The summed E-state index contributed by atoms with van der Waals surface area (Å²) in [7, 11) is 0. The third-order valence-electron chi connectivity index (χ3n) is 2.57. The highest BCUT2D eigenvalue weighted by Gasteiger charge is 1.94. The molecule has 0 aromatic rings. The van der Waals surface area contributed by atoms with Crippen LogP contribution in [0.15, 0.2) is 12.2 Å². The van der Waals surface area contributed by atoms with E-state index >= 15 is 0 Å². The second kappa shape index (κ2) is 10.8. The van der Waals surface area contributed by atoms with Crippen molar-refractivity contribution in [1.82, 2.24) is 0 Å². The van der Waals surface area contributed by atoms with Crippen molar-refractivity contribution in [2.24, 2.45) is 5.92 Å². The summed E-state index contributed by atoms with van der Waals surface area (Å²) in [6.07, 6.45) is 15.1. The molecular formula is C14H27. The van der Waals surface area contributed by atoms with E-state index in [4.69, 9.17) is 0 Å². The van der Waals surface area contributed by atoms with Crippen molar-refractivity contribution in [3.63, 3.8) is 0 Å². The molecular weight excluding hydrogens is 168 g/mol. The van der Waals surface area contributed by atoms with Gasteiger partial charge in [0.15, 0.2) is 0 Å². The van der Waals surface area contributed by atoms with E-state index in [0.717, 1.165) is 5.92 Å². The predicted molar refractivity (Wildman–Crippen MR) is 66.3 cm³/mol. The molecule has 0 aliphatic carbocycles. The lowest BCUT2D eigenvalue weighted by Gasteiger charge is -2.03. The van der Waals surface area contributed by atoms with Crippen LogP contribution in [0.25, 0.3) is 0 Å². The van der Waals surface area contributed by atoms with Gasteiger partial charge >= 0.3 is 0 Å². The molecule has 1 radical (unpaired) electrons. The Bertz CT molecular complexity index is 122. The monoisotopic (exact) mass is 195 g/mol. The molecule has 0 amide bonds. The van der Waals surface area contributed by atoms with Crippen LogP contribution >= 0.6 is 0 Å². The van der Waals surface area contributed by atoms with Gasteiger partial charge in [0.25, 0.3) is 0 Å². The van der Waals surface area contributed by atoms with E-state index in [9.17, 15) is 0 Å². The lowest BCUT2D eigenvalue weighted by atomic mass is 10.0. The molecule has 0 rings (SSSR count). The fraction of sp³-hybridized carbons (Fsp3) is 0.786. The van der Waals surface area contributed by atoms with Gasteiger partial charge in [-0.05, 0) is 25.7 Å². The summed E-state index contributed by atoms with van der Waals surface area (Å²) < 4.78 is 0. The molecule has 0 bridgehead atoms. The molecule has 0 heteroatoms. The zero-order valence-corrected chi connectivity index (χ0v) is 10.1. The van der Waals surface area contributed by atoms with Gasteiger partial charge in [-0.3, -0.25) is 0 Å². The third kappa shape index (κ3) is 11.7. The first-order valence-electron chi connectivity index (χ1n) is 6.21. The first kappa shape index (κ1) is 13.7. The Morgan fingerprint density at radius 1 is 0.929 bits per heavy atom. The average Bonchev–Trinajstić information content (AvgIpc) is 2.15. The highest BCUT2D eigenvalue weighted by atomic mass is 14.0. The molecule has 0 saturated heterocycles. The molecule has 0 spiro atoms. The van der Waals surface area contributed by atoms with Gasteiger partial charge in [-0.2, -0.15) is 0 Å². The van der Waals surface area contributed by atoms with Gasteiger partial charge in [0, 0.05) is 0 Å². The summed E-state index contributed by atoms with van der Waals surface area (Å²) in [6, 6.07) is 0. The fourth-order valence-corrected chi connectivity index (χ4v) is 1.64. The van der Waals surface area contributed by atoms with Gasteiger partial charge in [-0.15, -0.1) is 0 Å². The smallest absolute Gasteiger partial charge is 0.0316 e. The Labute approximate surface area is 90.8 Å². The molecule has 83 valence electrons. The Hall–Kier alpha value is -0.260. The molecule has 0 atom stereocenters. The van der Waals surface area contributed by atoms with E-state index in [1.807, 2.05) is 6.08 Å². The van der Waals surface area contributed by atoms with Gasteiger partial charge in [0.05, 0.1) is 0 Å². The largest absolute Gasteiger partial charge is 0.0885 e. The number of rotatable bonds is 9. The van der Waals surface area contributed by atoms with E-state index in [1.54, 1.807) is 0 Å². The first-order valence-corrected chi connectivity index (χ1v) is 6.21. The minimum Gasteiger partial charge on any atom is -0.0885 e. The molecule has 0 aromatic carbocycles. The molecule has 0 heterocycles. The summed E-state index contributed by atoms with van der Waals surface area (Å²) in [5.41, 5.74) is 0. The van der Waals surface area contributed by atoms with Crippen LogP contribution in [0.4, 0.5) is 0 Å². The SMILES string of the molecule is [CH2]C=CCCCCCCCCC(C)C. The van der Waals surface area contributed by atoms with Gasteiger partial charge in [-0.25, -0.2) is 0 Å². The second-order valence-electron chi connectivity index (χ2n) is 4.56. The second-order valence-corrected chi connectivity index (χ2v) is 4.56. The molecule has 0 saturated carbocycles. The normalized spacial score (nSPS) is 11.7. The van der Waals surface area contributed by atoms with Gasteiger partial charge < -0.3 is 0 Å². The summed E-state index contributed by atoms with van der Waals surface area (Å²) >= 11 is 0. The molecule has 0 aromatic heterocycles. The molecule has 14 heavy (non-hydrogen) atoms. The highest BCUT2D eigenvalue weighted by Crippen LogP contribution is 2.11. The van der Waals surface area contributed by atoms with Crippen molar-refractivity contribution < 1.29 is 0 Å². The van der Waals surface area contributed by atoms with Gasteiger partial charge in [0.2, 0.25) is 0 Å². The number of allylic oxidation sites excluding steroid dienone is 2. The van der Waals surface area contributed by atoms with Crippen molar-refractivity contribution in [1.29, 1.82) is 0 Å². The van der Waals surface area contributed by atoms with Crippen LogP contribution in [-0.4, -0.2) is 0 Å². The standard InChI is InChI=1S/C14H27/c1-4-5-6-7-8-9-10-11-12-13-14(2)3/h4-5,14H,1,6-13H2,2-3H3. The van der Waals surface area contributed by atoms with E-state index in [0.29, 0.717) is 0 Å². The molecule has 0 nitrogen and oxygen atoms in total. The van der Waals surface area contributed by atoms with Crippen LogP contribution in [0.3, 0.4) is 0 Å². The van der Waals surface area contributed by atoms with Crippen LogP contribution in [0.5, 0.6) is 0 Å². The quantitative estimate of drug-likeness (QED) is 0.446. The maximum atomic E-state index is 3.68. The van der Waals surface area contributed by atoms with Gasteiger partial charge in [-0.1, -0.05) is 64.5 Å². The molecule has 0 aliphatic rings. The summed E-state index contributed by atoms with van der Waals surface area (Å²) in [5.74, 6) is 0.886. The zero-order chi connectivity index (χ0) is 10.6. The minimum atomic E-state index is 0.886. The van der Waals surface area contributed by atoms with Crippen molar-refractivity contribution in [2.75, 3.05) is 0 Å². The van der Waals surface area contributed by atoms with Crippen molar-refractivity contribution >= 4 is 0 Å². The van der Waals surface area contributed by atoms with Crippen molar-refractivity contribution in [3.8, 4) is 0 Å². The van der Waals surface area contributed by atoms with E-state index in [2.05, 4.69) is 26.8 Å². The topological polar surface area (TPSA) is 0 Å². The van der Waals surface area contributed by atoms with E-state index in [1.165, 1.54) is 51.4 Å². The molecule has 0 aliphatic heterocycles. The maximum Gasteiger partial charge on any atom is -0.0316 e.